The molecule has 0 bridgehead atoms. The van der Waals surface area contributed by atoms with Crippen molar-refractivity contribution >= 4 is 0 Å². The Morgan fingerprint density at radius 2 is 1.81 bits per heavy atom. The van der Waals surface area contributed by atoms with Crippen LogP contribution in [0.5, 0.6) is 0 Å². The van der Waals surface area contributed by atoms with E-state index in [2.05, 4.69) is 37.9 Å². The summed E-state index contributed by atoms with van der Waals surface area (Å²) in [6.07, 6.45) is 3.93. The van der Waals surface area contributed by atoms with Gasteiger partial charge in [0, 0.05) is 25.7 Å². The molecule has 2 nitrogen and oxygen atoms in total. The zero-order valence-electron chi connectivity index (χ0n) is 11.6. The summed E-state index contributed by atoms with van der Waals surface area (Å²) in [5, 5.41) is 3.57. The van der Waals surface area contributed by atoms with Gasteiger partial charge in [-0.25, -0.2) is 0 Å². The molecular weight excluding hydrogens is 196 g/mol. The maximum Gasteiger partial charge on any atom is 0.0218 e. The van der Waals surface area contributed by atoms with E-state index >= 15 is 0 Å². The smallest absolute Gasteiger partial charge is 0.0218 e. The molecule has 0 aromatic rings. The van der Waals surface area contributed by atoms with Crippen LogP contribution in [0.1, 0.15) is 47.0 Å². The van der Waals surface area contributed by atoms with Crippen molar-refractivity contribution in [2.24, 2.45) is 11.8 Å². The van der Waals surface area contributed by atoms with Crippen LogP contribution in [-0.4, -0.2) is 37.1 Å². The molecule has 0 spiro atoms. The predicted octanol–water partition coefficient (Wildman–Crippen LogP) is 2.74. The number of likely N-dealkylation sites (tertiary alicyclic amines) is 1. The van der Waals surface area contributed by atoms with Crippen molar-refractivity contribution in [2.45, 2.75) is 53.0 Å². The first-order valence-corrected chi connectivity index (χ1v) is 7.12. The van der Waals surface area contributed by atoms with Gasteiger partial charge in [-0.2, -0.15) is 0 Å². The van der Waals surface area contributed by atoms with Crippen molar-refractivity contribution in [3.05, 3.63) is 0 Å². The molecule has 1 aliphatic heterocycles. The monoisotopic (exact) mass is 226 g/mol. The normalized spacial score (nSPS) is 29.2. The summed E-state index contributed by atoms with van der Waals surface area (Å²) in [6, 6.07) is 0.747. The van der Waals surface area contributed by atoms with Crippen molar-refractivity contribution in [1.29, 1.82) is 0 Å². The van der Waals surface area contributed by atoms with Crippen LogP contribution in [0.4, 0.5) is 0 Å². The lowest BCUT2D eigenvalue weighted by Crippen LogP contribution is -2.48. The highest BCUT2D eigenvalue weighted by atomic mass is 15.2. The van der Waals surface area contributed by atoms with Gasteiger partial charge in [0.1, 0.15) is 0 Å². The number of nitrogens with one attached hydrogen (secondary N) is 1. The minimum atomic E-state index is 0.747. The molecule has 1 aliphatic rings. The number of hydrogen-bond acceptors (Lipinski definition) is 2. The average Bonchev–Trinajstić information content (AvgIpc) is 2.23. The first-order valence-electron chi connectivity index (χ1n) is 7.12. The van der Waals surface area contributed by atoms with Gasteiger partial charge in [0.05, 0.1) is 0 Å². The van der Waals surface area contributed by atoms with Crippen LogP contribution in [0.25, 0.3) is 0 Å². The topological polar surface area (TPSA) is 15.3 Å². The standard InChI is InChI=1S/C14H30N2/c1-5-7-15-9-14(6-2)16-10-12(3)8-13(4)11-16/h12-15H,5-11H2,1-4H3. The summed E-state index contributed by atoms with van der Waals surface area (Å²) in [7, 11) is 0. The van der Waals surface area contributed by atoms with Crippen LogP contribution in [-0.2, 0) is 0 Å². The molecule has 3 atom stereocenters. The lowest BCUT2D eigenvalue weighted by Gasteiger charge is -2.40. The van der Waals surface area contributed by atoms with Gasteiger partial charge in [0.25, 0.3) is 0 Å². The molecule has 0 saturated carbocycles. The Morgan fingerprint density at radius 3 is 2.31 bits per heavy atom. The van der Waals surface area contributed by atoms with E-state index in [1.807, 2.05) is 0 Å². The number of hydrogen-bond donors (Lipinski definition) is 1. The quantitative estimate of drug-likeness (QED) is 0.701. The summed E-state index contributed by atoms with van der Waals surface area (Å²) in [4.78, 5) is 2.71. The molecule has 0 radical (unpaired) electrons. The average molecular weight is 226 g/mol. The number of rotatable bonds is 6. The minimum absolute atomic E-state index is 0.747. The van der Waals surface area contributed by atoms with E-state index in [0.717, 1.165) is 24.4 Å². The maximum atomic E-state index is 3.57. The van der Waals surface area contributed by atoms with E-state index in [4.69, 9.17) is 0 Å². The second kappa shape index (κ2) is 7.29. The third kappa shape index (κ3) is 4.42. The predicted molar refractivity (Wildman–Crippen MR) is 71.8 cm³/mol. The fourth-order valence-electron chi connectivity index (χ4n) is 2.99. The fourth-order valence-corrected chi connectivity index (χ4v) is 2.99. The summed E-state index contributed by atoms with van der Waals surface area (Å²) in [5.41, 5.74) is 0. The molecule has 0 amide bonds. The SMILES string of the molecule is CCCNCC(CC)N1CC(C)CC(C)C1. The fraction of sp³-hybridized carbons (Fsp3) is 1.00. The van der Waals surface area contributed by atoms with Crippen molar-refractivity contribution in [3.63, 3.8) is 0 Å². The van der Waals surface area contributed by atoms with Crippen molar-refractivity contribution in [2.75, 3.05) is 26.2 Å². The zero-order chi connectivity index (χ0) is 12.0. The lowest BCUT2D eigenvalue weighted by atomic mass is 9.90. The first kappa shape index (κ1) is 14.0. The van der Waals surface area contributed by atoms with E-state index < -0.39 is 0 Å². The molecule has 2 heteroatoms. The number of nitrogens with zero attached hydrogens (tertiary/aromatic N) is 1. The minimum Gasteiger partial charge on any atom is -0.315 e. The van der Waals surface area contributed by atoms with Crippen molar-refractivity contribution < 1.29 is 0 Å². The van der Waals surface area contributed by atoms with Gasteiger partial charge in [0.2, 0.25) is 0 Å². The third-order valence-corrected chi connectivity index (χ3v) is 3.69. The molecule has 1 rings (SSSR count). The summed E-state index contributed by atoms with van der Waals surface area (Å²) >= 11 is 0. The highest BCUT2D eigenvalue weighted by Gasteiger charge is 2.26. The second-order valence-corrected chi connectivity index (χ2v) is 5.67. The maximum absolute atomic E-state index is 3.57. The summed E-state index contributed by atoms with van der Waals surface area (Å²) < 4.78 is 0. The summed E-state index contributed by atoms with van der Waals surface area (Å²) in [6.45, 7) is 14.3. The number of piperidine rings is 1. The molecular formula is C14H30N2. The second-order valence-electron chi connectivity index (χ2n) is 5.67. The Bertz CT molecular complexity index is 172. The van der Waals surface area contributed by atoms with E-state index in [0.29, 0.717) is 0 Å². The van der Waals surface area contributed by atoms with Gasteiger partial charge in [0.15, 0.2) is 0 Å². The molecule has 3 unspecified atom stereocenters. The summed E-state index contributed by atoms with van der Waals surface area (Å²) in [5.74, 6) is 1.76. The van der Waals surface area contributed by atoms with E-state index in [9.17, 15) is 0 Å². The van der Waals surface area contributed by atoms with Crippen molar-refractivity contribution in [3.8, 4) is 0 Å². The zero-order valence-corrected chi connectivity index (χ0v) is 11.6. The van der Waals surface area contributed by atoms with E-state index in [1.54, 1.807) is 0 Å². The van der Waals surface area contributed by atoms with Crippen LogP contribution >= 0.6 is 0 Å². The Balaban J connectivity index is 2.38. The molecule has 16 heavy (non-hydrogen) atoms. The Labute approximate surface area is 102 Å². The Kier molecular flexibility index (Phi) is 6.37. The van der Waals surface area contributed by atoms with Crippen LogP contribution < -0.4 is 5.32 Å². The van der Waals surface area contributed by atoms with E-state index in [-0.39, 0.29) is 0 Å². The van der Waals surface area contributed by atoms with Gasteiger partial charge < -0.3 is 5.32 Å². The third-order valence-electron chi connectivity index (χ3n) is 3.69. The Hall–Kier alpha value is -0.0800. The molecule has 1 heterocycles. The lowest BCUT2D eigenvalue weighted by molar-refractivity contribution is 0.0923. The van der Waals surface area contributed by atoms with Crippen LogP contribution in [0.15, 0.2) is 0 Å². The van der Waals surface area contributed by atoms with Crippen LogP contribution in [0, 0.1) is 11.8 Å². The molecule has 1 N–H and O–H groups in total. The first-order chi connectivity index (χ1) is 7.67. The Morgan fingerprint density at radius 1 is 1.19 bits per heavy atom. The largest absolute Gasteiger partial charge is 0.315 e. The highest BCUT2D eigenvalue weighted by Crippen LogP contribution is 2.23. The van der Waals surface area contributed by atoms with Gasteiger partial charge >= 0.3 is 0 Å². The molecule has 1 fully saturated rings. The molecule has 0 aromatic heterocycles. The molecule has 0 aliphatic carbocycles. The van der Waals surface area contributed by atoms with Gasteiger partial charge in [-0.3, -0.25) is 4.90 Å². The highest BCUT2D eigenvalue weighted by molar-refractivity contribution is 4.81. The molecule has 1 saturated heterocycles. The van der Waals surface area contributed by atoms with Crippen molar-refractivity contribution in [1.82, 2.24) is 10.2 Å². The molecule has 0 aromatic carbocycles. The van der Waals surface area contributed by atoms with Gasteiger partial charge in [-0.1, -0.05) is 27.7 Å². The van der Waals surface area contributed by atoms with Crippen LogP contribution in [0.3, 0.4) is 0 Å². The van der Waals surface area contributed by atoms with E-state index in [1.165, 1.54) is 38.9 Å². The van der Waals surface area contributed by atoms with Gasteiger partial charge in [-0.05, 0) is 37.6 Å². The molecule has 96 valence electrons. The van der Waals surface area contributed by atoms with Crippen LogP contribution in [0.2, 0.25) is 0 Å². The van der Waals surface area contributed by atoms with Gasteiger partial charge in [-0.15, -0.1) is 0 Å².